The van der Waals surface area contributed by atoms with Crippen molar-refractivity contribution in [2.24, 2.45) is 0 Å². The third-order valence-corrected chi connectivity index (χ3v) is 2.70. The van der Waals surface area contributed by atoms with Crippen molar-refractivity contribution < 1.29 is 19.2 Å². The predicted molar refractivity (Wildman–Crippen MR) is 70.8 cm³/mol. The lowest BCUT2D eigenvalue weighted by atomic mass is 10.1. The highest BCUT2D eigenvalue weighted by Crippen LogP contribution is 2.21. The van der Waals surface area contributed by atoms with E-state index in [1.165, 1.54) is 0 Å². The second-order valence-electron chi connectivity index (χ2n) is 4.45. The van der Waals surface area contributed by atoms with E-state index < -0.39 is 5.97 Å². The van der Waals surface area contributed by atoms with Crippen LogP contribution in [0, 0.1) is 6.92 Å². The topological polar surface area (TPSA) is 85.5 Å². The molecule has 6 nitrogen and oxygen atoms in total. The minimum absolute atomic E-state index is 0.0799. The maximum Gasteiger partial charge on any atom is 0.339 e. The lowest BCUT2D eigenvalue weighted by molar-refractivity contribution is 0.0691. The Balaban J connectivity index is 2.08. The molecule has 0 bridgehead atoms. The molecule has 106 valence electrons. The van der Waals surface area contributed by atoms with Crippen LogP contribution >= 0.6 is 0 Å². The summed E-state index contributed by atoms with van der Waals surface area (Å²) in [5, 5.41) is 12.9. The molecular weight excluding hydrogens is 260 g/mol. The van der Waals surface area contributed by atoms with Crippen molar-refractivity contribution in [2.75, 3.05) is 0 Å². The number of aromatic carboxylic acids is 1. The summed E-state index contributed by atoms with van der Waals surface area (Å²) in [7, 11) is 0. The first-order valence-corrected chi connectivity index (χ1v) is 6.38. The molecule has 0 amide bonds. The fourth-order valence-electron chi connectivity index (χ4n) is 1.74. The average molecular weight is 276 g/mol. The van der Waals surface area contributed by atoms with Crippen LogP contribution in [0.1, 0.15) is 41.0 Å². The van der Waals surface area contributed by atoms with Gasteiger partial charge in [-0.15, -0.1) is 0 Å². The maximum atomic E-state index is 11.1. The molecule has 0 unspecified atom stereocenters. The largest absolute Gasteiger partial charge is 0.485 e. The normalized spacial score (nSPS) is 10.5. The van der Waals surface area contributed by atoms with Crippen LogP contribution in [0.25, 0.3) is 0 Å². The number of aromatic nitrogens is 2. The molecule has 0 saturated heterocycles. The summed E-state index contributed by atoms with van der Waals surface area (Å²) < 4.78 is 10.5. The Hall–Kier alpha value is -2.37. The van der Waals surface area contributed by atoms with Gasteiger partial charge in [0.05, 0.1) is 0 Å². The third-order valence-electron chi connectivity index (χ3n) is 2.70. The van der Waals surface area contributed by atoms with Gasteiger partial charge in [-0.05, 0) is 25.5 Å². The lowest BCUT2D eigenvalue weighted by Gasteiger charge is -2.07. The zero-order chi connectivity index (χ0) is 14.5. The highest BCUT2D eigenvalue weighted by molar-refractivity contribution is 5.91. The van der Waals surface area contributed by atoms with Crippen molar-refractivity contribution in [1.29, 1.82) is 0 Å². The fraction of sp³-hybridized carbons (Fsp3) is 0.357. The van der Waals surface area contributed by atoms with Crippen molar-refractivity contribution in [3.05, 3.63) is 41.0 Å². The number of rotatable bonds is 6. The first-order valence-electron chi connectivity index (χ1n) is 6.38. The van der Waals surface area contributed by atoms with Gasteiger partial charge in [0.1, 0.15) is 11.3 Å². The molecule has 0 saturated carbocycles. The van der Waals surface area contributed by atoms with E-state index >= 15 is 0 Å². The van der Waals surface area contributed by atoms with Crippen LogP contribution in [0.3, 0.4) is 0 Å². The lowest BCUT2D eigenvalue weighted by Crippen LogP contribution is -2.04. The molecular formula is C14H16N2O4. The molecule has 0 fully saturated rings. The highest BCUT2D eigenvalue weighted by atomic mass is 16.5. The predicted octanol–water partition coefficient (Wildman–Crippen LogP) is 2.61. The Kier molecular flexibility index (Phi) is 4.34. The number of benzene rings is 1. The van der Waals surface area contributed by atoms with Crippen molar-refractivity contribution in [2.45, 2.75) is 33.3 Å². The standard InChI is InChI=1S/C14H16N2O4/c1-3-4-13-15-12(16-20-13)8-19-11-6-5-9(2)7-10(11)14(17)18/h5-7H,3-4,8H2,1-2H3,(H,17,18). The zero-order valence-electron chi connectivity index (χ0n) is 11.4. The van der Waals surface area contributed by atoms with Gasteiger partial charge in [0.25, 0.3) is 0 Å². The monoisotopic (exact) mass is 276 g/mol. The Morgan fingerprint density at radius 2 is 2.25 bits per heavy atom. The quantitative estimate of drug-likeness (QED) is 0.872. The number of nitrogens with zero attached hydrogens (tertiary/aromatic N) is 2. The van der Waals surface area contributed by atoms with E-state index in [1.807, 2.05) is 13.8 Å². The second kappa shape index (κ2) is 6.18. The van der Waals surface area contributed by atoms with Crippen LogP contribution in [0.5, 0.6) is 5.75 Å². The molecule has 0 radical (unpaired) electrons. The molecule has 0 aliphatic carbocycles. The Morgan fingerprint density at radius 3 is 2.95 bits per heavy atom. The summed E-state index contributed by atoms with van der Waals surface area (Å²) in [5.74, 6) is 0.243. The van der Waals surface area contributed by atoms with Crippen LogP contribution in [0.2, 0.25) is 0 Å². The molecule has 2 rings (SSSR count). The molecule has 20 heavy (non-hydrogen) atoms. The van der Waals surface area contributed by atoms with Gasteiger partial charge in [-0.2, -0.15) is 4.98 Å². The van der Waals surface area contributed by atoms with E-state index in [0.29, 0.717) is 17.5 Å². The van der Waals surface area contributed by atoms with Crippen molar-refractivity contribution in [1.82, 2.24) is 10.1 Å². The van der Waals surface area contributed by atoms with E-state index in [-0.39, 0.29) is 12.2 Å². The van der Waals surface area contributed by atoms with Gasteiger partial charge >= 0.3 is 5.97 Å². The van der Waals surface area contributed by atoms with E-state index in [2.05, 4.69) is 10.1 Å². The maximum absolute atomic E-state index is 11.1. The van der Waals surface area contributed by atoms with E-state index in [1.54, 1.807) is 18.2 Å². The minimum atomic E-state index is -1.02. The van der Waals surface area contributed by atoms with Gasteiger partial charge in [-0.25, -0.2) is 4.79 Å². The summed E-state index contributed by atoms with van der Waals surface area (Å²) in [6, 6.07) is 4.99. The summed E-state index contributed by atoms with van der Waals surface area (Å²) in [5.41, 5.74) is 0.988. The molecule has 1 aromatic heterocycles. The van der Waals surface area contributed by atoms with Gasteiger partial charge in [0.15, 0.2) is 6.61 Å². The third kappa shape index (κ3) is 3.34. The number of hydrogen-bond acceptors (Lipinski definition) is 5. The number of carbonyl (C=O) groups is 1. The summed E-state index contributed by atoms with van der Waals surface area (Å²) >= 11 is 0. The molecule has 2 aromatic rings. The van der Waals surface area contributed by atoms with Crippen LogP contribution < -0.4 is 4.74 Å². The first kappa shape index (κ1) is 14.0. The van der Waals surface area contributed by atoms with Gasteiger partial charge < -0.3 is 14.4 Å². The van der Waals surface area contributed by atoms with Crippen LogP contribution in [0.15, 0.2) is 22.7 Å². The first-order chi connectivity index (χ1) is 9.60. The van der Waals surface area contributed by atoms with Gasteiger partial charge in [-0.3, -0.25) is 0 Å². The molecule has 0 aliphatic rings. The molecule has 0 atom stereocenters. The Labute approximate surface area is 116 Å². The molecule has 1 N–H and O–H groups in total. The van der Waals surface area contributed by atoms with Crippen molar-refractivity contribution in [3.8, 4) is 5.75 Å². The summed E-state index contributed by atoms with van der Waals surface area (Å²) in [6.07, 6.45) is 1.64. The van der Waals surface area contributed by atoms with E-state index in [9.17, 15) is 4.79 Å². The molecule has 1 heterocycles. The van der Waals surface area contributed by atoms with E-state index in [4.69, 9.17) is 14.4 Å². The molecule has 6 heteroatoms. The van der Waals surface area contributed by atoms with Crippen LogP contribution in [0.4, 0.5) is 0 Å². The molecule has 0 aliphatic heterocycles. The smallest absolute Gasteiger partial charge is 0.339 e. The Bertz CT molecular complexity index is 607. The van der Waals surface area contributed by atoms with Crippen LogP contribution in [-0.4, -0.2) is 21.2 Å². The number of ether oxygens (including phenoxy) is 1. The van der Waals surface area contributed by atoms with Crippen molar-refractivity contribution in [3.63, 3.8) is 0 Å². The average Bonchev–Trinajstić information content (AvgIpc) is 2.85. The van der Waals surface area contributed by atoms with Gasteiger partial charge in [-0.1, -0.05) is 23.7 Å². The SMILES string of the molecule is CCCc1nc(COc2ccc(C)cc2C(=O)O)no1. The zero-order valence-corrected chi connectivity index (χ0v) is 11.4. The summed E-state index contributed by atoms with van der Waals surface area (Å²) in [4.78, 5) is 15.3. The second-order valence-corrected chi connectivity index (χ2v) is 4.45. The molecule has 1 aromatic carbocycles. The number of carboxylic acid groups (broad SMARTS) is 1. The van der Waals surface area contributed by atoms with Crippen molar-refractivity contribution >= 4 is 5.97 Å². The minimum Gasteiger partial charge on any atom is -0.485 e. The fourth-order valence-corrected chi connectivity index (χ4v) is 1.74. The number of hydrogen-bond donors (Lipinski definition) is 1. The van der Waals surface area contributed by atoms with E-state index in [0.717, 1.165) is 18.4 Å². The Morgan fingerprint density at radius 1 is 1.45 bits per heavy atom. The molecule has 0 spiro atoms. The van der Waals surface area contributed by atoms with Crippen LogP contribution in [-0.2, 0) is 13.0 Å². The number of carboxylic acids is 1. The van der Waals surface area contributed by atoms with Gasteiger partial charge in [0, 0.05) is 6.42 Å². The highest BCUT2D eigenvalue weighted by Gasteiger charge is 2.13. The number of aryl methyl sites for hydroxylation is 2. The van der Waals surface area contributed by atoms with Gasteiger partial charge in [0.2, 0.25) is 11.7 Å². The summed E-state index contributed by atoms with van der Waals surface area (Å²) in [6.45, 7) is 3.93.